The Morgan fingerprint density at radius 1 is 1.64 bits per heavy atom. The van der Waals surface area contributed by atoms with Crippen LogP contribution in [0, 0.1) is 0 Å². The van der Waals surface area contributed by atoms with E-state index in [1.165, 1.54) is 0 Å². The van der Waals surface area contributed by atoms with Crippen molar-refractivity contribution in [2.24, 2.45) is 0 Å². The van der Waals surface area contributed by atoms with Gasteiger partial charge in [-0.2, -0.15) is 5.10 Å². The van der Waals surface area contributed by atoms with Gasteiger partial charge < -0.3 is 10.5 Å². The second-order valence-electron chi connectivity index (χ2n) is 3.81. The molecule has 0 aromatic carbocycles. The summed E-state index contributed by atoms with van der Waals surface area (Å²) in [5.41, 5.74) is 5.65. The monoisotopic (exact) mass is 261 g/mol. The van der Waals surface area contributed by atoms with Crippen LogP contribution in [-0.4, -0.2) is 22.5 Å². The van der Waals surface area contributed by atoms with E-state index in [9.17, 15) is 0 Å². The number of rotatable bonds is 4. The molecule has 0 spiro atoms. The van der Waals surface area contributed by atoms with E-state index < -0.39 is 0 Å². The number of methoxy groups -OCH3 is 1. The van der Waals surface area contributed by atoms with Crippen molar-refractivity contribution < 1.29 is 4.74 Å². The molecule has 0 amide bonds. The molecule has 4 nitrogen and oxygen atoms in total. The number of anilines is 1. The first kappa shape index (κ1) is 11.5. The number of halogens is 1. The van der Waals surface area contributed by atoms with Crippen LogP contribution in [0.1, 0.15) is 20.3 Å². The normalized spacial score (nSPS) is 12.0. The number of hydrogen-bond donors (Lipinski definition) is 1. The molecule has 1 heterocycles. The minimum atomic E-state index is -0.134. The van der Waals surface area contributed by atoms with Gasteiger partial charge in [0, 0.05) is 13.7 Å². The van der Waals surface area contributed by atoms with Crippen LogP contribution < -0.4 is 5.73 Å². The molecule has 0 aliphatic carbocycles. The van der Waals surface area contributed by atoms with Crippen LogP contribution in [-0.2, 0) is 11.3 Å². The molecular weight excluding hydrogens is 246 g/mol. The van der Waals surface area contributed by atoms with Crippen LogP contribution in [0.3, 0.4) is 0 Å². The summed E-state index contributed by atoms with van der Waals surface area (Å²) in [5, 5.41) is 4.14. The number of aromatic nitrogens is 2. The quantitative estimate of drug-likeness (QED) is 0.903. The molecule has 1 aromatic heterocycles. The Morgan fingerprint density at radius 3 is 2.71 bits per heavy atom. The molecule has 0 saturated heterocycles. The van der Waals surface area contributed by atoms with E-state index in [1.807, 2.05) is 13.8 Å². The summed E-state index contributed by atoms with van der Waals surface area (Å²) >= 11 is 3.31. The van der Waals surface area contributed by atoms with Gasteiger partial charge >= 0.3 is 0 Å². The summed E-state index contributed by atoms with van der Waals surface area (Å²) in [6.07, 6.45) is 2.58. The summed E-state index contributed by atoms with van der Waals surface area (Å²) < 4.78 is 7.92. The Kier molecular flexibility index (Phi) is 3.55. The van der Waals surface area contributed by atoms with E-state index in [-0.39, 0.29) is 5.60 Å². The summed E-state index contributed by atoms with van der Waals surface area (Å²) in [7, 11) is 1.71. The lowest BCUT2D eigenvalue weighted by molar-refractivity contribution is 0.0114. The first-order chi connectivity index (χ1) is 6.46. The predicted molar refractivity (Wildman–Crippen MR) is 60.0 cm³/mol. The zero-order chi connectivity index (χ0) is 10.8. The molecule has 1 rings (SSSR count). The smallest absolute Gasteiger partial charge is 0.136 e. The van der Waals surface area contributed by atoms with E-state index in [0.717, 1.165) is 17.4 Å². The Bertz CT molecular complexity index is 309. The third kappa shape index (κ3) is 2.72. The maximum Gasteiger partial charge on any atom is 0.136 e. The molecule has 14 heavy (non-hydrogen) atoms. The fraction of sp³-hybridized carbons (Fsp3) is 0.667. The average molecular weight is 262 g/mol. The van der Waals surface area contributed by atoms with E-state index in [0.29, 0.717) is 5.82 Å². The zero-order valence-corrected chi connectivity index (χ0v) is 10.3. The van der Waals surface area contributed by atoms with Gasteiger partial charge in [-0.25, -0.2) is 4.68 Å². The predicted octanol–water partition coefficient (Wildman–Crippen LogP) is 2.04. The van der Waals surface area contributed by atoms with Crippen LogP contribution >= 0.6 is 15.9 Å². The SMILES string of the molecule is COC(C)(C)CCn1ncc(Br)c1N. The summed E-state index contributed by atoms with van der Waals surface area (Å²) in [6.45, 7) is 4.85. The number of ether oxygens (including phenoxy) is 1. The summed E-state index contributed by atoms with van der Waals surface area (Å²) in [6, 6.07) is 0. The van der Waals surface area contributed by atoms with Crippen molar-refractivity contribution in [2.45, 2.75) is 32.4 Å². The molecule has 0 aliphatic rings. The first-order valence-corrected chi connectivity index (χ1v) is 5.27. The molecule has 0 radical (unpaired) electrons. The van der Waals surface area contributed by atoms with Gasteiger partial charge in [0.2, 0.25) is 0 Å². The van der Waals surface area contributed by atoms with Gasteiger partial charge in [-0.15, -0.1) is 0 Å². The van der Waals surface area contributed by atoms with Crippen molar-refractivity contribution in [2.75, 3.05) is 12.8 Å². The topological polar surface area (TPSA) is 53.1 Å². The Morgan fingerprint density at radius 2 is 2.29 bits per heavy atom. The molecule has 0 fully saturated rings. The lowest BCUT2D eigenvalue weighted by Crippen LogP contribution is -2.25. The highest BCUT2D eigenvalue weighted by atomic mass is 79.9. The minimum absolute atomic E-state index is 0.134. The second-order valence-corrected chi connectivity index (χ2v) is 4.67. The largest absolute Gasteiger partial charge is 0.383 e. The van der Waals surface area contributed by atoms with E-state index in [1.54, 1.807) is 18.0 Å². The number of aryl methyl sites for hydroxylation is 1. The lowest BCUT2D eigenvalue weighted by atomic mass is 10.1. The molecule has 1 aromatic rings. The third-order valence-electron chi connectivity index (χ3n) is 2.31. The van der Waals surface area contributed by atoms with E-state index >= 15 is 0 Å². The molecule has 0 saturated carbocycles. The highest BCUT2D eigenvalue weighted by Gasteiger charge is 2.17. The molecule has 2 N–H and O–H groups in total. The van der Waals surface area contributed by atoms with Gasteiger partial charge in [0.1, 0.15) is 5.82 Å². The average Bonchev–Trinajstić information content (AvgIpc) is 2.45. The van der Waals surface area contributed by atoms with Gasteiger partial charge in [-0.3, -0.25) is 0 Å². The number of nitrogens with two attached hydrogens (primary N) is 1. The van der Waals surface area contributed by atoms with Crippen LogP contribution in [0.25, 0.3) is 0 Å². The van der Waals surface area contributed by atoms with Crippen molar-refractivity contribution in [3.8, 4) is 0 Å². The van der Waals surface area contributed by atoms with Crippen LogP contribution in [0.5, 0.6) is 0 Å². The molecule has 0 aliphatic heterocycles. The highest BCUT2D eigenvalue weighted by Crippen LogP contribution is 2.20. The van der Waals surface area contributed by atoms with Gasteiger partial charge in [0.25, 0.3) is 0 Å². The molecule has 5 heteroatoms. The number of hydrogen-bond acceptors (Lipinski definition) is 3. The summed E-state index contributed by atoms with van der Waals surface area (Å²) in [4.78, 5) is 0. The number of nitrogen functional groups attached to an aromatic ring is 1. The molecule has 0 unspecified atom stereocenters. The van der Waals surface area contributed by atoms with Gasteiger partial charge in [0.15, 0.2) is 0 Å². The maximum atomic E-state index is 5.79. The van der Waals surface area contributed by atoms with Crippen molar-refractivity contribution >= 4 is 21.7 Å². The van der Waals surface area contributed by atoms with Crippen molar-refractivity contribution in [1.29, 1.82) is 0 Å². The molecule has 0 bridgehead atoms. The van der Waals surface area contributed by atoms with Crippen molar-refractivity contribution in [3.63, 3.8) is 0 Å². The zero-order valence-electron chi connectivity index (χ0n) is 8.75. The molecule has 0 atom stereocenters. The first-order valence-electron chi connectivity index (χ1n) is 4.48. The van der Waals surface area contributed by atoms with Crippen molar-refractivity contribution in [1.82, 2.24) is 9.78 Å². The summed E-state index contributed by atoms with van der Waals surface area (Å²) in [5.74, 6) is 0.664. The fourth-order valence-corrected chi connectivity index (χ4v) is 1.32. The van der Waals surface area contributed by atoms with Gasteiger partial charge in [-0.1, -0.05) is 0 Å². The molecular formula is C9H16BrN3O. The van der Waals surface area contributed by atoms with Gasteiger partial charge in [0.05, 0.1) is 16.3 Å². The van der Waals surface area contributed by atoms with Crippen molar-refractivity contribution in [3.05, 3.63) is 10.7 Å². The van der Waals surface area contributed by atoms with Crippen LogP contribution in [0.15, 0.2) is 10.7 Å². The highest BCUT2D eigenvalue weighted by molar-refractivity contribution is 9.10. The maximum absolute atomic E-state index is 5.79. The minimum Gasteiger partial charge on any atom is -0.383 e. The van der Waals surface area contributed by atoms with E-state index in [2.05, 4.69) is 21.0 Å². The third-order valence-corrected chi connectivity index (χ3v) is 2.92. The standard InChI is InChI=1S/C9H16BrN3O/c1-9(2,14-3)4-5-13-8(11)7(10)6-12-13/h6H,4-5,11H2,1-3H3. The Hall–Kier alpha value is -0.550. The Balaban J connectivity index is 2.58. The van der Waals surface area contributed by atoms with Crippen LogP contribution in [0.2, 0.25) is 0 Å². The second kappa shape index (κ2) is 4.31. The molecule has 80 valence electrons. The lowest BCUT2D eigenvalue weighted by Gasteiger charge is -2.22. The fourth-order valence-electron chi connectivity index (χ4n) is 1.03. The number of nitrogens with zero attached hydrogens (tertiary/aromatic N) is 2. The van der Waals surface area contributed by atoms with Crippen LogP contribution in [0.4, 0.5) is 5.82 Å². The Labute approximate surface area is 92.5 Å². The van der Waals surface area contributed by atoms with E-state index in [4.69, 9.17) is 10.5 Å². The van der Waals surface area contributed by atoms with Gasteiger partial charge in [-0.05, 0) is 36.2 Å².